The molecule has 0 saturated heterocycles. The number of rotatable bonds is 4. The molecule has 2 N–H and O–H groups in total. The quantitative estimate of drug-likeness (QED) is 0.701. The number of nitrogens with one attached hydrogen (secondary N) is 1. The highest BCUT2D eigenvalue weighted by molar-refractivity contribution is 5.86. The molecule has 9 heteroatoms. The molecule has 2 aromatic rings. The number of carbonyl (C=O) groups is 1. The van der Waals surface area contributed by atoms with Gasteiger partial charge in [-0.25, -0.2) is 14.6 Å². The first-order valence-electron chi connectivity index (χ1n) is 5.39. The minimum Gasteiger partial charge on any atom is -0.477 e. The van der Waals surface area contributed by atoms with Crippen molar-refractivity contribution in [3.8, 4) is 0 Å². The van der Waals surface area contributed by atoms with E-state index < -0.39 is 22.8 Å². The van der Waals surface area contributed by atoms with Gasteiger partial charge in [-0.15, -0.1) is 0 Å². The van der Waals surface area contributed by atoms with Crippen molar-refractivity contribution >= 4 is 5.97 Å². The zero-order valence-electron chi connectivity index (χ0n) is 10.0. The van der Waals surface area contributed by atoms with Crippen molar-refractivity contribution in [1.29, 1.82) is 0 Å². The second-order valence-corrected chi connectivity index (χ2v) is 3.89. The van der Waals surface area contributed by atoms with Gasteiger partial charge in [0.25, 0.3) is 5.56 Å². The highest BCUT2D eigenvalue weighted by Gasteiger charge is 2.11. The fraction of sp³-hybridized carbons (Fsp3) is 0.300. The van der Waals surface area contributed by atoms with Gasteiger partial charge in [-0.2, -0.15) is 5.10 Å². The van der Waals surface area contributed by atoms with E-state index in [0.29, 0.717) is 12.2 Å². The molecular formula is C10H11N5O4. The minimum atomic E-state index is -1.38. The molecule has 0 saturated carbocycles. The molecule has 0 radical (unpaired) electrons. The summed E-state index contributed by atoms with van der Waals surface area (Å²) in [6.45, 7) is 0.180. The monoisotopic (exact) mass is 265 g/mol. The number of carboxylic acid groups (broad SMARTS) is 1. The zero-order valence-corrected chi connectivity index (χ0v) is 10.0. The molecule has 9 nitrogen and oxygen atoms in total. The van der Waals surface area contributed by atoms with Crippen LogP contribution < -0.4 is 11.2 Å². The molecule has 2 rings (SSSR count). The summed E-state index contributed by atoms with van der Waals surface area (Å²) in [5.41, 5.74) is -2.05. The van der Waals surface area contributed by atoms with Crippen molar-refractivity contribution in [2.24, 2.45) is 7.05 Å². The van der Waals surface area contributed by atoms with Gasteiger partial charge in [0, 0.05) is 26.2 Å². The van der Waals surface area contributed by atoms with Gasteiger partial charge in [0.05, 0.1) is 0 Å². The SMILES string of the molecule is Cn1cnc(CCn2cc(C(=O)O)c(=O)[nH]c2=O)n1. The lowest BCUT2D eigenvalue weighted by molar-refractivity contribution is 0.0693. The third kappa shape index (κ3) is 2.76. The topological polar surface area (TPSA) is 123 Å². The minimum absolute atomic E-state index is 0.180. The third-order valence-corrected chi connectivity index (χ3v) is 2.46. The lowest BCUT2D eigenvalue weighted by Gasteiger charge is -2.03. The number of hydrogen-bond donors (Lipinski definition) is 2. The number of nitrogens with zero attached hydrogens (tertiary/aromatic N) is 4. The Hall–Kier alpha value is -2.71. The van der Waals surface area contributed by atoms with Crippen LogP contribution >= 0.6 is 0 Å². The number of aromatic amines is 1. The van der Waals surface area contributed by atoms with Gasteiger partial charge in [-0.1, -0.05) is 0 Å². The summed E-state index contributed by atoms with van der Waals surface area (Å²) < 4.78 is 2.63. The molecule has 0 aliphatic rings. The third-order valence-electron chi connectivity index (χ3n) is 2.46. The first kappa shape index (κ1) is 12.7. The maximum Gasteiger partial charge on any atom is 0.342 e. The van der Waals surface area contributed by atoms with Crippen molar-refractivity contribution < 1.29 is 9.90 Å². The van der Waals surface area contributed by atoms with E-state index in [-0.39, 0.29) is 6.54 Å². The molecule has 0 aliphatic carbocycles. The molecule has 2 heterocycles. The summed E-state index contributed by atoms with van der Waals surface area (Å²) >= 11 is 0. The molecule has 0 atom stereocenters. The Balaban J connectivity index is 2.25. The molecule has 2 aromatic heterocycles. The highest BCUT2D eigenvalue weighted by Crippen LogP contribution is 1.94. The molecule has 19 heavy (non-hydrogen) atoms. The first-order chi connectivity index (χ1) is 8.97. The molecule has 0 aromatic carbocycles. The number of H-pyrrole nitrogens is 1. The Kier molecular flexibility index (Phi) is 3.27. The average molecular weight is 265 g/mol. The fourth-order valence-electron chi connectivity index (χ4n) is 1.55. The van der Waals surface area contributed by atoms with Crippen molar-refractivity contribution in [2.45, 2.75) is 13.0 Å². The van der Waals surface area contributed by atoms with E-state index in [4.69, 9.17) is 5.11 Å². The van der Waals surface area contributed by atoms with Gasteiger partial charge in [0.1, 0.15) is 11.9 Å². The second-order valence-electron chi connectivity index (χ2n) is 3.89. The van der Waals surface area contributed by atoms with Crippen LogP contribution in [0.15, 0.2) is 22.1 Å². The average Bonchev–Trinajstić information content (AvgIpc) is 2.73. The van der Waals surface area contributed by atoms with Gasteiger partial charge in [-0.3, -0.25) is 19.0 Å². The number of aromatic carboxylic acids is 1. The smallest absolute Gasteiger partial charge is 0.342 e. The Morgan fingerprint density at radius 1 is 1.47 bits per heavy atom. The highest BCUT2D eigenvalue weighted by atomic mass is 16.4. The predicted molar refractivity (Wildman–Crippen MR) is 63.0 cm³/mol. The van der Waals surface area contributed by atoms with E-state index in [2.05, 4.69) is 10.1 Å². The van der Waals surface area contributed by atoms with Crippen LogP contribution in [0.2, 0.25) is 0 Å². The van der Waals surface area contributed by atoms with Crippen LogP contribution in [0, 0.1) is 0 Å². The number of carboxylic acids is 1. The van der Waals surface area contributed by atoms with Gasteiger partial charge in [0.2, 0.25) is 0 Å². The molecule has 0 bridgehead atoms. The van der Waals surface area contributed by atoms with Crippen LogP contribution in [0.3, 0.4) is 0 Å². The molecule has 0 unspecified atom stereocenters. The van der Waals surface area contributed by atoms with E-state index in [0.717, 1.165) is 10.8 Å². The van der Waals surface area contributed by atoms with Gasteiger partial charge >= 0.3 is 11.7 Å². The van der Waals surface area contributed by atoms with Crippen LogP contribution in [0.1, 0.15) is 16.2 Å². The van der Waals surface area contributed by atoms with E-state index in [1.165, 1.54) is 11.0 Å². The normalized spacial score (nSPS) is 10.6. The molecule has 0 amide bonds. The van der Waals surface area contributed by atoms with Crippen LogP contribution in [-0.2, 0) is 20.0 Å². The van der Waals surface area contributed by atoms with E-state index >= 15 is 0 Å². The maximum absolute atomic E-state index is 11.5. The van der Waals surface area contributed by atoms with E-state index in [1.54, 1.807) is 7.05 Å². The van der Waals surface area contributed by atoms with Gasteiger partial charge in [0.15, 0.2) is 5.82 Å². The summed E-state index contributed by atoms with van der Waals surface area (Å²) in [7, 11) is 1.71. The molecule has 0 spiro atoms. The Morgan fingerprint density at radius 3 is 2.79 bits per heavy atom. The molecule has 0 aliphatic heterocycles. The Morgan fingerprint density at radius 2 is 2.21 bits per heavy atom. The lowest BCUT2D eigenvalue weighted by Crippen LogP contribution is -2.33. The van der Waals surface area contributed by atoms with Gasteiger partial charge < -0.3 is 5.11 Å². The second kappa shape index (κ2) is 4.88. The van der Waals surface area contributed by atoms with Crippen molar-refractivity contribution in [3.05, 3.63) is 44.8 Å². The summed E-state index contributed by atoms with van der Waals surface area (Å²) in [6, 6.07) is 0. The standard InChI is InChI=1S/C10H11N5O4/c1-14-5-11-7(13-14)2-3-15-4-6(9(17)18)8(16)12-10(15)19/h4-5H,2-3H2,1H3,(H,17,18)(H,12,16,19). The largest absolute Gasteiger partial charge is 0.477 e. The van der Waals surface area contributed by atoms with Crippen LogP contribution in [0.4, 0.5) is 0 Å². The van der Waals surface area contributed by atoms with Gasteiger partial charge in [-0.05, 0) is 0 Å². The predicted octanol–water partition coefficient (Wildman–Crippen LogP) is -1.39. The van der Waals surface area contributed by atoms with Crippen molar-refractivity contribution in [2.75, 3.05) is 0 Å². The van der Waals surface area contributed by atoms with Crippen LogP contribution in [-0.4, -0.2) is 35.4 Å². The lowest BCUT2D eigenvalue weighted by atomic mass is 10.3. The first-order valence-corrected chi connectivity index (χ1v) is 5.39. The van der Waals surface area contributed by atoms with E-state index in [1.807, 2.05) is 4.98 Å². The summed E-state index contributed by atoms with van der Waals surface area (Å²) in [4.78, 5) is 39.5. The van der Waals surface area contributed by atoms with Crippen molar-refractivity contribution in [1.82, 2.24) is 24.3 Å². The molecule has 0 fully saturated rings. The maximum atomic E-state index is 11.5. The molecule has 100 valence electrons. The summed E-state index contributed by atoms with van der Waals surface area (Å²) in [6.07, 6.45) is 2.89. The summed E-state index contributed by atoms with van der Waals surface area (Å²) in [5, 5.41) is 12.8. The Bertz CT molecular complexity index is 726. The fourth-order valence-corrected chi connectivity index (χ4v) is 1.55. The summed E-state index contributed by atoms with van der Waals surface area (Å²) in [5.74, 6) is -0.858. The number of aryl methyl sites for hydroxylation is 3. The molecular weight excluding hydrogens is 254 g/mol. The Labute approximate surface area is 106 Å². The van der Waals surface area contributed by atoms with Crippen LogP contribution in [0.5, 0.6) is 0 Å². The van der Waals surface area contributed by atoms with Crippen LogP contribution in [0.25, 0.3) is 0 Å². The zero-order chi connectivity index (χ0) is 14.0. The van der Waals surface area contributed by atoms with Crippen molar-refractivity contribution in [3.63, 3.8) is 0 Å². The van der Waals surface area contributed by atoms with E-state index in [9.17, 15) is 14.4 Å². The number of hydrogen-bond acceptors (Lipinski definition) is 5. The number of aromatic nitrogens is 5.